The molecular weight excluding hydrogens is 789 g/mol. The number of hydrogen-bond acceptors (Lipinski definition) is 10. The van der Waals surface area contributed by atoms with E-state index in [4.69, 9.17) is 4.74 Å². The molecule has 14 heteroatoms. The first-order valence-corrected chi connectivity index (χ1v) is 19.2. The van der Waals surface area contributed by atoms with E-state index in [1.54, 1.807) is 109 Å². The zero-order chi connectivity index (χ0) is 42.7. The number of amides is 6. The van der Waals surface area contributed by atoms with Gasteiger partial charge in [-0.15, -0.1) is 0 Å². The minimum absolute atomic E-state index is 0.0869. The van der Waals surface area contributed by atoms with Gasteiger partial charge < -0.3 is 15.4 Å². The number of carbonyl (C=O) groups is 7. The lowest BCUT2D eigenvalue weighted by Gasteiger charge is -2.30. The number of nitrogens with zero attached hydrogens (tertiary/aromatic N) is 4. The summed E-state index contributed by atoms with van der Waals surface area (Å²) in [5, 5.41) is 5.67. The molecule has 6 amide bonds. The molecule has 0 radical (unpaired) electrons. The van der Waals surface area contributed by atoms with Crippen molar-refractivity contribution in [2.24, 2.45) is 0 Å². The van der Waals surface area contributed by atoms with Crippen LogP contribution in [0.5, 0.6) is 0 Å². The first-order chi connectivity index (χ1) is 30.1. The molecule has 3 aliphatic rings. The summed E-state index contributed by atoms with van der Waals surface area (Å²) in [6, 6.07) is 38.9. The average molecular weight is 817 g/mol. The van der Waals surface area contributed by atoms with E-state index in [0.717, 1.165) is 9.80 Å². The Morgan fingerprint density at radius 2 is 0.903 bits per heavy atom. The van der Waals surface area contributed by atoms with Gasteiger partial charge in [-0.25, -0.2) is 24.6 Å². The molecule has 2 N–H and O–H groups in total. The maximum Gasteiger partial charge on any atom is 0.340 e. The minimum atomic E-state index is -1.41. The van der Waals surface area contributed by atoms with E-state index < -0.39 is 47.0 Å². The highest BCUT2D eigenvalue weighted by atomic mass is 16.6. The summed E-state index contributed by atoms with van der Waals surface area (Å²) in [6.07, 6.45) is 2.96. The Kier molecular flexibility index (Phi) is 8.69. The van der Waals surface area contributed by atoms with E-state index in [0.29, 0.717) is 33.6 Å². The first-order valence-electron chi connectivity index (χ1n) is 19.2. The van der Waals surface area contributed by atoms with Crippen molar-refractivity contribution < 1.29 is 38.3 Å². The Hall–Kier alpha value is -8.91. The third kappa shape index (κ3) is 5.92. The number of imide groups is 2. The second-order valence-corrected chi connectivity index (χ2v) is 14.5. The number of carbonyl (C=O) groups excluding carboxylic acids is 7. The second-order valence-electron chi connectivity index (χ2n) is 14.5. The second kappa shape index (κ2) is 14.4. The van der Waals surface area contributed by atoms with Crippen LogP contribution in [0.15, 0.2) is 158 Å². The van der Waals surface area contributed by atoms with Gasteiger partial charge >= 0.3 is 5.97 Å². The number of pyridine rings is 2. The molecule has 5 aromatic carbocycles. The Labute approximate surface area is 351 Å². The summed E-state index contributed by atoms with van der Waals surface area (Å²) in [7, 11) is 0. The Bertz CT molecular complexity index is 2910. The van der Waals surface area contributed by atoms with Crippen LogP contribution < -0.4 is 20.4 Å². The number of aromatic nitrogens is 2. The minimum Gasteiger partial charge on any atom is -0.441 e. The molecule has 0 saturated carbocycles. The summed E-state index contributed by atoms with van der Waals surface area (Å²) in [4.78, 5) is 103. The molecule has 0 spiro atoms. The number of hydrogen-bond donors (Lipinski definition) is 2. The van der Waals surface area contributed by atoms with Crippen LogP contribution in [0.1, 0.15) is 89.2 Å². The summed E-state index contributed by atoms with van der Waals surface area (Å²) >= 11 is 0. The van der Waals surface area contributed by atoms with Crippen molar-refractivity contribution in [3.63, 3.8) is 0 Å². The van der Waals surface area contributed by atoms with Gasteiger partial charge in [0.15, 0.2) is 5.60 Å². The van der Waals surface area contributed by atoms with Crippen molar-refractivity contribution >= 4 is 64.4 Å². The molecule has 0 fully saturated rings. The quantitative estimate of drug-likeness (QED) is 0.119. The van der Waals surface area contributed by atoms with Crippen molar-refractivity contribution in [1.29, 1.82) is 0 Å². The van der Waals surface area contributed by atoms with Gasteiger partial charge in [-0.2, -0.15) is 0 Å². The summed E-state index contributed by atoms with van der Waals surface area (Å²) < 4.78 is 6.23. The topological polar surface area (TPSA) is 185 Å². The van der Waals surface area contributed by atoms with Crippen LogP contribution in [0.3, 0.4) is 0 Å². The summed E-state index contributed by atoms with van der Waals surface area (Å²) in [5.74, 6) is -3.44. The SMILES string of the molecule is O=C(Nc1ccc(C2(c3ccc(NC(=O)c4ccc5c(c4)C(=O)N(c4ccccn4)C5=O)cc3)OC(=O)c3ccccc32)cc1)c1ccc2c(c1)C(=O)N(c1ccccn1)C2=O. The molecule has 5 heterocycles. The fourth-order valence-corrected chi connectivity index (χ4v) is 7.95. The fraction of sp³-hybridized carbons (Fsp3) is 0.0208. The fourth-order valence-electron chi connectivity index (χ4n) is 7.95. The highest BCUT2D eigenvalue weighted by Crippen LogP contribution is 2.47. The van der Waals surface area contributed by atoms with E-state index >= 15 is 0 Å². The van der Waals surface area contributed by atoms with Gasteiger partial charge in [0, 0.05) is 51.6 Å². The molecule has 298 valence electrons. The lowest BCUT2D eigenvalue weighted by Crippen LogP contribution is -2.30. The van der Waals surface area contributed by atoms with Crippen LogP contribution in [0.4, 0.5) is 23.0 Å². The predicted molar refractivity (Wildman–Crippen MR) is 224 cm³/mol. The lowest BCUT2D eigenvalue weighted by atomic mass is 9.80. The van der Waals surface area contributed by atoms with Crippen LogP contribution in [-0.2, 0) is 10.3 Å². The van der Waals surface area contributed by atoms with Crippen LogP contribution in [-0.4, -0.2) is 51.4 Å². The number of benzene rings is 5. The Morgan fingerprint density at radius 1 is 0.468 bits per heavy atom. The van der Waals surface area contributed by atoms with Gasteiger partial charge in [0.25, 0.3) is 35.4 Å². The number of esters is 1. The van der Waals surface area contributed by atoms with E-state index in [2.05, 4.69) is 20.6 Å². The number of fused-ring (bicyclic) bond motifs is 3. The van der Waals surface area contributed by atoms with Gasteiger partial charge in [0.05, 0.1) is 27.8 Å². The largest absolute Gasteiger partial charge is 0.441 e. The van der Waals surface area contributed by atoms with E-state index in [-0.39, 0.29) is 45.0 Å². The average Bonchev–Trinajstić information content (AvgIpc) is 3.86. The molecule has 0 bridgehead atoms. The number of anilines is 4. The van der Waals surface area contributed by atoms with E-state index in [1.807, 2.05) is 0 Å². The Morgan fingerprint density at radius 3 is 1.35 bits per heavy atom. The number of cyclic esters (lactones) is 1. The number of rotatable bonds is 8. The number of ether oxygens (including phenoxy) is 1. The summed E-state index contributed by atoms with van der Waals surface area (Å²) in [5.41, 5.74) is 2.33. The lowest BCUT2D eigenvalue weighted by molar-refractivity contribution is 0.0251. The molecule has 3 aliphatic heterocycles. The molecule has 0 atom stereocenters. The third-order valence-corrected chi connectivity index (χ3v) is 10.9. The van der Waals surface area contributed by atoms with Gasteiger partial charge in [-0.05, 0) is 91.0 Å². The predicted octanol–water partition coefficient (Wildman–Crippen LogP) is 7.04. The van der Waals surface area contributed by atoms with Crippen molar-refractivity contribution in [2.75, 3.05) is 20.4 Å². The van der Waals surface area contributed by atoms with Gasteiger partial charge in [0.1, 0.15) is 11.6 Å². The zero-order valence-electron chi connectivity index (χ0n) is 32.1. The molecule has 10 rings (SSSR count). The highest BCUT2D eigenvalue weighted by Gasteiger charge is 2.48. The molecule has 0 unspecified atom stereocenters. The smallest absolute Gasteiger partial charge is 0.340 e. The number of nitrogens with one attached hydrogen (secondary N) is 2. The molecule has 62 heavy (non-hydrogen) atoms. The van der Waals surface area contributed by atoms with Crippen molar-refractivity contribution in [1.82, 2.24) is 9.97 Å². The standard InChI is InChI=1S/C48H28N6O8/c55-41(27-11-21-33-36(25-27)45(59)53(43(33)57)39-9-3-5-23-49-39)51-31-17-13-29(14-18-31)48(38-8-2-1-7-35(38)47(61)62-48)30-15-19-32(20-16-30)52-42(56)28-12-22-34-37(26-28)46(60)54(44(34)58)40-10-4-6-24-50-40/h1-26H,(H,51,55)(H,52,56). The third-order valence-electron chi connectivity index (χ3n) is 10.9. The monoisotopic (exact) mass is 816 g/mol. The normalized spacial score (nSPS) is 14.6. The Balaban J connectivity index is 0.889. The maximum absolute atomic E-state index is 13.5. The van der Waals surface area contributed by atoms with Crippen molar-refractivity contribution in [2.45, 2.75) is 5.60 Å². The van der Waals surface area contributed by atoms with Crippen LogP contribution in [0, 0.1) is 0 Å². The zero-order valence-corrected chi connectivity index (χ0v) is 32.1. The molecule has 14 nitrogen and oxygen atoms in total. The van der Waals surface area contributed by atoms with Crippen molar-refractivity contribution in [3.8, 4) is 0 Å². The van der Waals surface area contributed by atoms with E-state index in [9.17, 15) is 33.6 Å². The molecule has 2 aromatic heterocycles. The van der Waals surface area contributed by atoms with Crippen LogP contribution >= 0.6 is 0 Å². The van der Waals surface area contributed by atoms with Gasteiger partial charge in [0.2, 0.25) is 0 Å². The van der Waals surface area contributed by atoms with Gasteiger partial charge in [-0.1, -0.05) is 54.6 Å². The molecule has 0 aliphatic carbocycles. The molecular formula is C48H28N6O8. The maximum atomic E-state index is 13.5. The molecule has 7 aromatic rings. The van der Waals surface area contributed by atoms with Crippen molar-refractivity contribution in [3.05, 3.63) is 214 Å². The van der Waals surface area contributed by atoms with E-state index in [1.165, 1.54) is 48.8 Å². The van der Waals surface area contributed by atoms with Crippen LogP contribution in [0.25, 0.3) is 0 Å². The van der Waals surface area contributed by atoms with Crippen LogP contribution in [0.2, 0.25) is 0 Å². The summed E-state index contributed by atoms with van der Waals surface area (Å²) in [6.45, 7) is 0. The first kappa shape index (κ1) is 37.4. The highest BCUT2D eigenvalue weighted by molar-refractivity contribution is 6.35. The van der Waals surface area contributed by atoms with Gasteiger partial charge in [-0.3, -0.25) is 28.8 Å². The molecule has 0 saturated heterocycles.